The van der Waals surface area contributed by atoms with E-state index in [1.54, 1.807) is 5.57 Å². The van der Waals surface area contributed by atoms with Gasteiger partial charge in [0.2, 0.25) is 0 Å². The molecule has 2 atom stereocenters. The second-order valence-corrected chi connectivity index (χ2v) is 6.47. The fourth-order valence-corrected chi connectivity index (χ4v) is 3.36. The van der Waals surface area contributed by atoms with Crippen molar-refractivity contribution in [1.29, 1.82) is 0 Å². The van der Waals surface area contributed by atoms with Gasteiger partial charge >= 0.3 is 0 Å². The third-order valence-corrected chi connectivity index (χ3v) is 4.03. The Hall–Kier alpha value is -0.600. The van der Waals surface area contributed by atoms with Gasteiger partial charge in [-0.1, -0.05) is 46.6 Å². The Bertz CT molecular complexity index is 425. The van der Waals surface area contributed by atoms with Crippen molar-refractivity contribution in [2.24, 2.45) is 11.8 Å². The topological polar surface area (TPSA) is 12.0 Å². The molecule has 0 saturated carbocycles. The van der Waals surface area contributed by atoms with E-state index in [1.165, 1.54) is 18.4 Å². The maximum absolute atomic E-state index is 3.59. The van der Waals surface area contributed by atoms with Crippen LogP contribution in [0.4, 0.5) is 0 Å². The van der Waals surface area contributed by atoms with Gasteiger partial charge in [-0.3, -0.25) is 0 Å². The number of nitrogens with one attached hydrogen (secondary N) is 1. The second kappa shape index (κ2) is 6.53. The monoisotopic (exact) mass is 307 g/mol. The first-order valence-electron chi connectivity index (χ1n) is 6.76. The molecule has 0 saturated heterocycles. The number of hydrogen-bond acceptors (Lipinski definition) is 1. The lowest BCUT2D eigenvalue weighted by Crippen LogP contribution is -2.25. The maximum atomic E-state index is 3.59. The van der Waals surface area contributed by atoms with Gasteiger partial charge in [-0.2, -0.15) is 0 Å². The van der Waals surface area contributed by atoms with Crippen LogP contribution in [0.5, 0.6) is 0 Å². The average Bonchev–Trinajstić information content (AvgIpc) is 2.27. The Balaban J connectivity index is 1.77. The molecule has 2 heteroatoms. The summed E-state index contributed by atoms with van der Waals surface area (Å²) in [6.07, 6.45) is 5.00. The largest absolute Gasteiger partial charge is 0.312 e. The molecule has 0 fully saturated rings. The van der Waals surface area contributed by atoms with Gasteiger partial charge in [-0.05, 0) is 55.8 Å². The lowest BCUT2D eigenvalue weighted by Gasteiger charge is -2.25. The molecule has 0 aliphatic heterocycles. The number of allylic oxidation sites excluding steroid dienone is 2. The van der Waals surface area contributed by atoms with Gasteiger partial charge in [0.05, 0.1) is 0 Å². The Morgan fingerprint density at radius 3 is 2.94 bits per heavy atom. The SMILES string of the molecule is CC1=CC(C)CC(CNCc2cccc(Br)c2)C1. The van der Waals surface area contributed by atoms with E-state index in [9.17, 15) is 0 Å². The quantitative estimate of drug-likeness (QED) is 0.806. The third kappa shape index (κ3) is 4.25. The van der Waals surface area contributed by atoms with Gasteiger partial charge in [0.25, 0.3) is 0 Å². The number of halogens is 1. The van der Waals surface area contributed by atoms with Crippen molar-refractivity contribution in [3.8, 4) is 0 Å². The zero-order valence-corrected chi connectivity index (χ0v) is 12.8. The standard InChI is InChI=1S/C16H22BrN/c1-12-6-13(2)8-15(7-12)11-18-10-14-4-3-5-16(17)9-14/h3-6,9,12,15,18H,7-8,10-11H2,1-2H3. The van der Waals surface area contributed by atoms with Crippen LogP contribution in [0.3, 0.4) is 0 Å². The minimum atomic E-state index is 0.747. The average molecular weight is 308 g/mol. The van der Waals surface area contributed by atoms with Crippen molar-refractivity contribution in [3.63, 3.8) is 0 Å². The minimum Gasteiger partial charge on any atom is -0.312 e. The summed E-state index contributed by atoms with van der Waals surface area (Å²) >= 11 is 3.51. The van der Waals surface area contributed by atoms with E-state index < -0.39 is 0 Å². The van der Waals surface area contributed by atoms with E-state index in [4.69, 9.17) is 0 Å². The van der Waals surface area contributed by atoms with Gasteiger partial charge in [0.1, 0.15) is 0 Å². The smallest absolute Gasteiger partial charge is 0.0206 e. The summed E-state index contributed by atoms with van der Waals surface area (Å²) in [5.74, 6) is 1.55. The highest BCUT2D eigenvalue weighted by Gasteiger charge is 2.17. The summed E-state index contributed by atoms with van der Waals surface area (Å²) in [6, 6.07) is 8.52. The lowest BCUT2D eigenvalue weighted by molar-refractivity contribution is 0.381. The molecular formula is C16H22BrN. The fraction of sp³-hybridized carbons (Fsp3) is 0.500. The van der Waals surface area contributed by atoms with Crippen LogP contribution < -0.4 is 5.32 Å². The molecule has 0 aromatic heterocycles. The number of rotatable bonds is 4. The van der Waals surface area contributed by atoms with Gasteiger partial charge in [-0.15, -0.1) is 0 Å². The molecule has 18 heavy (non-hydrogen) atoms. The van der Waals surface area contributed by atoms with Crippen molar-refractivity contribution in [2.45, 2.75) is 33.2 Å². The highest BCUT2D eigenvalue weighted by molar-refractivity contribution is 9.10. The fourth-order valence-electron chi connectivity index (χ4n) is 2.91. The molecule has 1 aromatic carbocycles. The van der Waals surface area contributed by atoms with Gasteiger partial charge in [0, 0.05) is 11.0 Å². The van der Waals surface area contributed by atoms with E-state index in [0.29, 0.717) is 0 Å². The third-order valence-electron chi connectivity index (χ3n) is 3.54. The molecule has 0 heterocycles. The Labute approximate surface area is 119 Å². The predicted molar refractivity (Wildman–Crippen MR) is 81.5 cm³/mol. The lowest BCUT2D eigenvalue weighted by atomic mass is 9.84. The van der Waals surface area contributed by atoms with Crippen molar-refractivity contribution in [3.05, 3.63) is 46.0 Å². The van der Waals surface area contributed by atoms with Crippen LogP contribution in [0.15, 0.2) is 40.4 Å². The van der Waals surface area contributed by atoms with Crippen molar-refractivity contribution < 1.29 is 0 Å². The van der Waals surface area contributed by atoms with Crippen LogP contribution in [-0.4, -0.2) is 6.54 Å². The highest BCUT2D eigenvalue weighted by atomic mass is 79.9. The van der Waals surface area contributed by atoms with E-state index in [2.05, 4.69) is 65.4 Å². The second-order valence-electron chi connectivity index (χ2n) is 5.56. The highest BCUT2D eigenvalue weighted by Crippen LogP contribution is 2.27. The first kappa shape index (κ1) is 13.8. The van der Waals surface area contributed by atoms with E-state index in [1.807, 2.05) is 0 Å². The van der Waals surface area contributed by atoms with Crippen LogP contribution >= 0.6 is 15.9 Å². The molecule has 98 valence electrons. The van der Waals surface area contributed by atoms with Crippen molar-refractivity contribution in [1.82, 2.24) is 5.32 Å². The zero-order chi connectivity index (χ0) is 13.0. The molecule has 1 N–H and O–H groups in total. The molecule has 0 amide bonds. The minimum absolute atomic E-state index is 0.747. The van der Waals surface area contributed by atoms with E-state index in [-0.39, 0.29) is 0 Å². The molecule has 1 nitrogen and oxygen atoms in total. The molecule has 2 unspecified atom stereocenters. The molecule has 1 aliphatic carbocycles. The molecule has 1 aromatic rings. The van der Waals surface area contributed by atoms with Crippen molar-refractivity contribution in [2.75, 3.05) is 6.54 Å². The Morgan fingerprint density at radius 2 is 2.22 bits per heavy atom. The number of benzene rings is 1. The van der Waals surface area contributed by atoms with Gasteiger partial charge in [0.15, 0.2) is 0 Å². The summed E-state index contributed by atoms with van der Waals surface area (Å²) in [5, 5.41) is 3.59. The Morgan fingerprint density at radius 1 is 1.39 bits per heavy atom. The number of hydrogen-bond donors (Lipinski definition) is 1. The summed E-state index contributed by atoms with van der Waals surface area (Å²) in [7, 11) is 0. The molecule has 0 spiro atoms. The van der Waals surface area contributed by atoms with Crippen molar-refractivity contribution >= 4 is 15.9 Å². The van der Waals surface area contributed by atoms with Crippen LogP contribution in [-0.2, 0) is 6.54 Å². The van der Waals surface area contributed by atoms with E-state index >= 15 is 0 Å². The van der Waals surface area contributed by atoms with Crippen LogP contribution in [0, 0.1) is 11.8 Å². The summed E-state index contributed by atoms with van der Waals surface area (Å²) in [5.41, 5.74) is 2.91. The normalized spacial score (nSPS) is 23.8. The first-order valence-corrected chi connectivity index (χ1v) is 7.55. The molecule has 0 radical (unpaired) electrons. The molecule has 2 rings (SSSR count). The summed E-state index contributed by atoms with van der Waals surface area (Å²) < 4.78 is 1.16. The Kier molecular flexibility index (Phi) is 5.02. The molecular weight excluding hydrogens is 286 g/mol. The van der Waals surface area contributed by atoms with Crippen LogP contribution in [0.2, 0.25) is 0 Å². The van der Waals surface area contributed by atoms with Gasteiger partial charge in [-0.25, -0.2) is 0 Å². The van der Waals surface area contributed by atoms with Gasteiger partial charge < -0.3 is 5.32 Å². The first-order chi connectivity index (χ1) is 8.63. The van der Waals surface area contributed by atoms with Crippen LogP contribution in [0.25, 0.3) is 0 Å². The van der Waals surface area contributed by atoms with E-state index in [0.717, 1.165) is 29.4 Å². The molecule has 0 bridgehead atoms. The summed E-state index contributed by atoms with van der Waals surface area (Å²) in [6.45, 7) is 6.68. The maximum Gasteiger partial charge on any atom is 0.0206 e. The predicted octanol–water partition coefficient (Wildman–Crippen LogP) is 4.53. The molecule has 1 aliphatic rings. The van der Waals surface area contributed by atoms with Crippen LogP contribution in [0.1, 0.15) is 32.3 Å². The summed E-state index contributed by atoms with van der Waals surface area (Å²) in [4.78, 5) is 0. The zero-order valence-electron chi connectivity index (χ0n) is 11.2.